The Morgan fingerprint density at radius 2 is 2.29 bits per heavy atom. The maximum atomic E-state index is 6.02. The van der Waals surface area contributed by atoms with E-state index in [1.54, 1.807) is 0 Å². The highest BCUT2D eigenvalue weighted by Crippen LogP contribution is 2.32. The van der Waals surface area contributed by atoms with Crippen LogP contribution in [0.3, 0.4) is 0 Å². The first-order valence-electron chi connectivity index (χ1n) is 7.01. The monoisotopic (exact) mass is 302 g/mol. The minimum absolute atomic E-state index is 0.210. The Morgan fingerprint density at radius 3 is 3.00 bits per heavy atom. The number of furan rings is 1. The number of fused-ring (bicyclic) bond motifs is 1. The second-order valence-electron chi connectivity index (χ2n) is 5.08. The SMILES string of the molecule is CCCc1nnsc1C(NN)c1cc2cccc(C)c2o1. The van der Waals surface area contributed by atoms with Crippen LogP contribution in [0, 0.1) is 6.92 Å². The highest BCUT2D eigenvalue weighted by atomic mass is 32.1. The van der Waals surface area contributed by atoms with Gasteiger partial charge in [0.25, 0.3) is 0 Å². The van der Waals surface area contributed by atoms with Gasteiger partial charge < -0.3 is 4.42 Å². The summed E-state index contributed by atoms with van der Waals surface area (Å²) in [5.74, 6) is 6.56. The fourth-order valence-corrected chi connectivity index (χ4v) is 3.27. The number of para-hydroxylation sites is 1. The fourth-order valence-electron chi connectivity index (χ4n) is 2.50. The van der Waals surface area contributed by atoms with Gasteiger partial charge >= 0.3 is 0 Å². The van der Waals surface area contributed by atoms with Crippen LogP contribution in [-0.2, 0) is 6.42 Å². The molecule has 0 aliphatic carbocycles. The highest BCUT2D eigenvalue weighted by Gasteiger charge is 2.23. The van der Waals surface area contributed by atoms with Gasteiger partial charge in [0, 0.05) is 5.39 Å². The molecule has 0 fully saturated rings. The quantitative estimate of drug-likeness (QED) is 0.559. The smallest absolute Gasteiger partial charge is 0.137 e. The molecule has 0 aliphatic rings. The number of hydrogen-bond acceptors (Lipinski definition) is 6. The van der Waals surface area contributed by atoms with E-state index in [0.717, 1.165) is 45.7 Å². The van der Waals surface area contributed by atoms with E-state index in [-0.39, 0.29) is 6.04 Å². The molecule has 0 amide bonds. The first-order valence-corrected chi connectivity index (χ1v) is 7.78. The molecule has 1 atom stereocenters. The highest BCUT2D eigenvalue weighted by molar-refractivity contribution is 7.05. The Kier molecular flexibility index (Phi) is 4.01. The maximum Gasteiger partial charge on any atom is 0.137 e. The lowest BCUT2D eigenvalue weighted by Gasteiger charge is -2.12. The summed E-state index contributed by atoms with van der Waals surface area (Å²) in [5, 5.41) is 5.29. The van der Waals surface area contributed by atoms with Crippen molar-refractivity contribution in [3.8, 4) is 0 Å². The number of aromatic nitrogens is 2. The van der Waals surface area contributed by atoms with Crippen molar-refractivity contribution in [1.82, 2.24) is 15.0 Å². The van der Waals surface area contributed by atoms with E-state index in [2.05, 4.69) is 21.9 Å². The van der Waals surface area contributed by atoms with Gasteiger partial charge in [0.05, 0.1) is 10.6 Å². The Bertz CT molecular complexity index is 749. The lowest BCUT2D eigenvalue weighted by molar-refractivity contribution is 0.478. The maximum absolute atomic E-state index is 6.02. The van der Waals surface area contributed by atoms with Crippen molar-refractivity contribution in [1.29, 1.82) is 0 Å². The van der Waals surface area contributed by atoms with Crippen LogP contribution < -0.4 is 11.3 Å². The molecule has 0 spiro atoms. The molecule has 3 rings (SSSR count). The summed E-state index contributed by atoms with van der Waals surface area (Å²) in [5.41, 5.74) is 5.85. The van der Waals surface area contributed by atoms with Crippen molar-refractivity contribution in [3.63, 3.8) is 0 Å². The molecule has 3 aromatic rings. The van der Waals surface area contributed by atoms with Crippen LogP contribution in [0.15, 0.2) is 28.7 Å². The second-order valence-corrected chi connectivity index (χ2v) is 5.86. The van der Waals surface area contributed by atoms with Crippen LogP contribution in [0.4, 0.5) is 0 Å². The summed E-state index contributed by atoms with van der Waals surface area (Å²) in [4.78, 5) is 1.02. The van der Waals surface area contributed by atoms with Gasteiger partial charge in [-0.25, -0.2) is 5.43 Å². The number of aryl methyl sites for hydroxylation is 2. The van der Waals surface area contributed by atoms with Gasteiger partial charge in [-0.05, 0) is 36.5 Å². The number of benzene rings is 1. The van der Waals surface area contributed by atoms with Crippen molar-refractivity contribution in [2.24, 2.45) is 5.84 Å². The molecule has 21 heavy (non-hydrogen) atoms. The Hall–Kier alpha value is -1.76. The fraction of sp³-hybridized carbons (Fsp3) is 0.333. The Labute approximate surface area is 127 Å². The summed E-state index contributed by atoms with van der Waals surface area (Å²) in [7, 11) is 0. The summed E-state index contributed by atoms with van der Waals surface area (Å²) in [6, 6.07) is 7.93. The van der Waals surface area contributed by atoms with Crippen LogP contribution in [0.2, 0.25) is 0 Å². The lowest BCUT2D eigenvalue weighted by atomic mass is 10.1. The largest absolute Gasteiger partial charge is 0.459 e. The van der Waals surface area contributed by atoms with E-state index in [1.807, 2.05) is 31.2 Å². The van der Waals surface area contributed by atoms with Crippen LogP contribution in [-0.4, -0.2) is 9.59 Å². The third-order valence-corrected chi connectivity index (χ3v) is 4.38. The zero-order valence-electron chi connectivity index (χ0n) is 12.1. The predicted octanol–water partition coefficient (Wildman–Crippen LogP) is 3.10. The van der Waals surface area contributed by atoms with Gasteiger partial charge in [-0.15, -0.1) is 5.10 Å². The predicted molar refractivity (Wildman–Crippen MR) is 84.0 cm³/mol. The minimum atomic E-state index is -0.210. The van der Waals surface area contributed by atoms with Crippen molar-refractivity contribution in [2.75, 3.05) is 0 Å². The van der Waals surface area contributed by atoms with E-state index in [1.165, 1.54) is 11.5 Å². The first kappa shape index (κ1) is 14.2. The second kappa shape index (κ2) is 5.93. The third kappa shape index (κ3) is 2.57. The molecule has 0 saturated heterocycles. The van der Waals surface area contributed by atoms with Crippen molar-refractivity contribution in [3.05, 3.63) is 46.2 Å². The molecule has 0 saturated carbocycles. The summed E-state index contributed by atoms with van der Waals surface area (Å²) >= 11 is 1.37. The number of rotatable bonds is 5. The van der Waals surface area contributed by atoms with Gasteiger partial charge in [0.1, 0.15) is 17.4 Å². The van der Waals surface area contributed by atoms with E-state index in [4.69, 9.17) is 10.3 Å². The van der Waals surface area contributed by atoms with Crippen LogP contribution in [0.5, 0.6) is 0 Å². The number of nitrogens with one attached hydrogen (secondary N) is 1. The van der Waals surface area contributed by atoms with Crippen molar-refractivity contribution in [2.45, 2.75) is 32.7 Å². The summed E-state index contributed by atoms with van der Waals surface area (Å²) in [6.07, 6.45) is 1.91. The lowest BCUT2D eigenvalue weighted by Crippen LogP contribution is -2.28. The number of nitrogens with two attached hydrogens (primary N) is 1. The van der Waals surface area contributed by atoms with Crippen molar-refractivity contribution < 1.29 is 4.42 Å². The molecule has 0 radical (unpaired) electrons. The van der Waals surface area contributed by atoms with E-state index < -0.39 is 0 Å². The molecular weight excluding hydrogens is 284 g/mol. The van der Waals surface area contributed by atoms with Gasteiger partial charge in [-0.3, -0.25) is 5.84 Å². The molecule has 6 heteroatoms. The van der Waals surface area contributed by atoms with Crippen LogP contribution >= 0.6 is 11.5 Å². The molecule has 110 valence electrons. The van der Waals surface area contributed by atoms with Crippen molar-refractivity contribution >= 4 is 22.5 Å². The normalized spacial score (nSPS) is 12.9. The zero-order valence-corrected chi connectivity index (χ0v) is 12.9. The summed E-state index contributed by atoms with van der Waals surface area (Å²) < 4.78 is 10.1. The van der Waals surface area contributed by atoms with Gasteiger partial charge in [-0.2, -0.15) is 0 Å². The van der Waals surface area contributed by atoms with Gasteiger partial charge in [0.15, 0.2) is 0 Å². The van der Waals surface area contributed by atoms with E-state index >= 15 is 0 Å². The standard InChI is InChI=1S/C15H18N4OS/c1-3-5-11-15(21-19-18-11)13(17-16)12-8-10-7-4-6-9(2)14(10)20-12/h4,6-8,13,17H,3,5,16H2,1-2H3. The average Bonchev–Trinajstić information content (AvgIpc) is 3.09. The first-order chi connectivity index (χ1) is 10.2. The molecule has 1 aromatic carbocycles. The molecule has 0 aliphatic heterocycles. The molecule has 1 unspecified atom stereocenters. The molecular formula is C15H18N4OS. The van der Waals surface area contributed by atoms with E-state index in [0.29, 0.717) is 0 Å². The summed E-state index contributed by atoms with van der Waals surface area (Å²) in [6.45, 7) is 4.16. The Morgan fingerprint density at radius 1 is 1.43 bits per heavy atom. The van der Waals surface area contributed by atoms with Gasteiger partial charge in [0.2, 0.25) is 0 Å². The number of hydrazine groups is 1. The van der Waals surface area contributed by atoms with E-state index in [9.17, 15) is 0 Å². The molecule has 2 heterocycles. The molecule has 0 bridgehead atoms. The molecule has 5 nitrogen and oxygen atoms in total. The van der Waals surface area contributed by atoms with Crippen LogP contribution in [0.25, 0.3) is 11.0 Å². The number of hydrogen-bond donors (Lipinski definition) is 2. The molecule has 2 aromatic heterocycles. The topological polar surface area (TPSA) is 77.0 Å². The zero-order chi connectivity index (χ0) is 14.8. The minimum Gasteiger partial charge on any atom is -0.459 e. The van der Waals surface area contributed by atoms with Gasteiger partial charge in [-0.1, -0.05) is 36.0 Å². The van der Waals surface area contributed by atoms with Crippen LogP contribution in [0.1, 0.15) is 41.3 Å². The third-order valence-electron chi connectivity index (χ3n) is 3.55. The average molecular weight is 302 g/mol. The number of nitrogens with zero attached hydrogens (tertiary/aromatic N) is 2. The molecule has 3 N–H and O–H groups in total. The Balaban J connectivity index is 2.05.